The first-order chi connectivity index (χ1) is 21.0. The summed E-state index contributed by atoms with van der Waals surface area (Å²) in [5.74, 6) is -5.57. The number of aliphatic carboxylic acids is 5. The monoisotopic (exact) mass is 752 g/mol. The Labute approximate surface area is 376 Å². The number of hydrogen-bond donors (Lipinski definition) is 9. The van der Waals surface area contributed by atoms with Crippen molar-refractivity contribution < 1.29 is 74.7 Å². The summed E-state index contributed by atoms with van der Waals surface area (Å²) in [6.45, 7) is 1.22. The molecule has 0 saturated carbocycles. The third-order valence-corrected chi connectivity index (χ3v) is 6.00. The van der Waals surface area contributed by atoms with Gasteiger partial charge in [-0.05, 0) is 13.3 Å². The Hall–Kier alpha value is 0.780. The summed E-state index contributed by atoms with van der Waals surface area (Å²) < 4.78 is 0. The SMILES string of the molecule is CCCCCCCCCCCC(=O)O.C[C@H](O)[C@H](O)[C@@H](O)[C@@H](O)C=O.O=C(O)CN(CCN(CC(=O)O)CC(=O)O)CC(=O)O.[NaH].[NaH].[NaH].[NaH]. The number of hydrogen-bond acceptors (Lipinski definition) is 12. The van der Waals surface area contributed by atoms with Crippen LogP contribution in [0, 0.1) is 0 Å². The third kappa shape index (κ3) is 48.8. The van der Waals surface area contributed by atoms with Gasteiger partial charge in [-0.1, -0.05) is 58.3 Å². The maximum atomic E-state index is 10.6. The molecule has 0 amide bonds. The topological polar surface area (TPSA) is 291 Å². The van der Waals surface area contributed by atoms with E-state index >= 15 is 0 Å². The van der Waals surface area contributed by atoms with Crippen molar-refractivity contribution in [3.63, 3.8) is 0 Å². The molecule has 0 unspecified atom stereocenters. The van der Waals surface area contributed by atoms with E-state index in [-0.39, 0.29) is 138 Å². The van der Waals surface area contributed by atoms with Crippen LogP contribution >= 0.6 is 0 Å². The van der Waals surface area contributed by atoms with Crippen molar-refractivity contribution in [2.75, 3.05) is 39.3 Å². The normalized spacial score (nSPS) is 12.2. The Bertz CT molecular complexity index is 793. The summed E-state index contributed by atoms with van der Waals surface area (Å²) >= 11 is 0. The molecule has 0 saturated heterocycles. The van der Waals surface area contributed by atoms with Gasteiger partial charge in [-0.15, -0.1) is 0 Å². The van der Waals surface area contributed by atoms with Gasteiger partial charge in [0.15, 0.2) is 6.29 Å². The zero-order valence-corrected chi connectivity index (χ0v) is 26.1. The molecule has 0 radical (unpaired) electrons. The standard InChI is InChI=1S/C12H24O2.C10H16N2O8.C6H12O5.4Na.4H/c1-2-3-4-5-6-7-8-9-10-11-12(13)14;13-7(14)3-11(4-8(15)16)1-2-12(5-9(17)18)6-10(19)20;1-3(8)5(10)6(11)4(9)2-7;;;;;;;;/h2-11H2,1H3,(H,13,14);1-6H2,(H,13,14)(H,15,16)(H,17,18)(H,19,20);2-6,8-11H,1H3;;;;;;;;/t;;3-,4-,5-,6-;;;;;;;;/m..0......../s1. The van der Waals surface area contributed by atoms with Crippen molar-refractivity contribution >= 4 is 154 Å². The Morgan fingerprint density at radius 3 is 1.08 bits per heavy atom. The van der Waals surface area contributed by atoms with Crippen LogP contribution in [-0.2, 0) is 28.8 Å². The van der Waals surface area contributed by atoms with E-state index in [0.29, 0.717) is 6.42 Å². The van der Waals surface area contributed by atoms with Crippen molar-refractivity contribution in [1.82, 2.24) is 9.80 Å². The first-order valence-electron chi connectivity index (χ1n) is 14.7. The molecular formula is C28H56N2Na4O15. The number of unbranched alkanes of at least 4 members (excludes halogenated alkanes) is 8. The zero-order chi connectivity index (χ0) is 35.4. The van der Waals surface area contributed by atoms with Crippen LogP contribution in [0.1, 0.15) is 78.1 Å². The van der Waals surface area contributed by atoms with Gasteiger partial charge in [0, 0.05) is 19.5 Å². The van der Waals surface area contributed by atoms with Gasteiger partial charge in [0.05, 0.1) is 32.3 Å². The van der Waals surface area contributed by atoms with E-state index < -0.39 is 80.4 Å². The first kappa shape index (κ1) is 64.7. The molecule has 0 spiro atoms. The van der Waals surface area contributed by atoms with Crippen molar-refractivity contribution in [2.24, 2.45) is 0 Å². The number of aliphatic hydroxyl groups is 4. The van der Waals surface area contributed by atoms with E-state index in [2.05, 4.69) is 6.92 Å². The maximum absolute atomic E-state index is 10.6. The fourth-order valence-electron chi connectivity index (χ4n) is 3.63. The number of carboxylic acids is 5. The van der Waals surface area contributed by atoms with E-state index in [9.17, 15) is 28.8 Å². The Balaban J connectivity index is -0.000000108. The summed E-state index contributed by atoms with van der Waals surface area (Å²) in [6, 6.07) is 0. The van der Waals surface area contributed by atoms with Gasteiger partial charge < -0.3 is 50.8 Å². The molecule has 0 aromatic carbocycles. The molecule has 0 aliphatic heterocycles. The average molecular weight is 753 g/mol. The van der Waals surface area contributed by atoms with E-state index in [1.165, 1.54) is 51.9 Å². The molecule has 0 bridgehead atoms. The molecule has 0 aliphatic rings. The predicted molar refractivity (Wildman–Crippen MR) is 187 cm³/mol. The van der Waals surface area contributed by atoms with Crippen LogP contribution in [0.3, 0.4) is 0 Å². The minimum atomic E-state index is -1.65. The number of aliphatic hydroxyl groups excluding tert-OH is 4. The molecule has 17 nitrogen and oxygen atoms in total. The quantitative estimate of drug-likeness (QED) is 0.0255. The molecular weight excluding hydrogens is 696 g/mol. The predicted octanol–water partition coefficient (Wildman–Crippen LogP) is -3.02. The Morgan fingerprint density at radius 1 is 0.531 bits per heavy atom. The number of carboxylic acid groups (broad SMARTS) is 5. The van der Waals surface area contributed by atoms with Crippen molar-refractivity contribution in [2.45, 2.75) is 102 Å². The van der Waals surface area contributed by atoms with Gasteiger partial charge in [0.25, 0.3) is 0 Å². The van der Waals surface area contributed by atoms with Crippen LogP contribution in [0.2, 0.25) is 0 Å². The summed E-state index contributed by atoms with van der Waals surface area (Å²) in [6.07, 6.45) is 5.60. The molecule has 0 rings (SSSR count). The summed E-state index contributed by atoms with van der Waals surface area (Å²) in [4.78, 5) is 64.4. The average Bonchev–Trinajstić information content (AvgIpc) is 2.93. The molecule has 0 fully saturated rings. The molecule has 272 valence electrons. The van der Waals surface area contributed by atoms with Crippen LogP contribution in [0.25, 0.3) is 0 Å². The third-order valence-electron chi connectivity index (χ3n) is 6.00. The van der Waals surface area contributed by atoms with Crippen molar-refractivity contribution in [3.05, 3.63) is 0 Å². The molecule has 21 heteroatoms. The number of aldehydes is 1. The van der Waals surface area contributed by atoms with E-state index in [1.807, 2.05) is 0 Å². The summed E-state index contributed by atoms with van der Waals surface area (Å²) in [5.41, 5.74) is 0. The first-order valence-corrected chi connectivity index (χ1v) is 14.7. The van der Waals surface area contributed by atoms with Crippen LogP contribution < -0.4 is 0 Å². The van der Waals surface area contributed by atoms with Crippen LogP contribution in [-0.4, -0.2) is 274 Å². The summed E-state index contributed by atoms with van der Waals surface area (Å²) in [5, 5.41) is 78.0. The molecule has 9 N–H and O–H groups in total. The van der Waals surface area contributed by atoms with Gasteiger partial charge in [-0.25, -0.2) is 0 Å². The van der Waals surface area contributed by atoms with Crippen LogP contribution in [0.4, 0.5) is 0 Å². The van der Waals surface area contributed by atoms with E-state index in [4.69, 9.17) is 46.0 Å². The molecule has 0 aliphatic carbocycles. The second kappa shape index (κ2) is 43.2. The fourth-order valence-corrected chi connectivity index (χ4v) is 3.63. The molecule has 4 atom stereocenters. The van der Waals surface area contributed by atoms with Crippen molar-refractivity contribution in [1.29, 1.82) is 0 Å². The van der Waals surface area contributed by atoms with Crippen LogP contribution in [0.5, 0.6) is 0 Å². The second-order valence-corrected chi connectivity index (χ2v) is 10.3. The van der Waals surface area contributed by atoms with Crippen molar-refractivity contribution in [3.8, 4) is 0 Å². The molecule has 0 heterocycles. The van der Waals surface area contributed by atoms with Gasteiger partial charge in [0.2, 0.25) is 0 Å². The fraction of sp³-hybridized carbons (Fsp3) is 0.786. The second-order valence-electron chi connectivity index (χ2n) is 10.3. The van der Waals surface area contributed by atoms with Crippen LogP contribution in [0.15, 0.2) is 0 Å². The number of carbonyl (C=O) groups excluding carboxylic acids is 1. The number of rotatable bonds is 25. The minimum absolute atomic E-state index is 0. The Kier molecular flexibility index (Phi) is 57.0. The van der Waals surface area contributed by atoms with E-state index in [1.54, 1.807) is 0 Å². The molecule has 0 aromatic rings. The van der Waals surface area contributed by atoms with Gasteiger partial charge in [-0.2, -0.15) is 0 Å². The van der Waals surface area contributed by atoms with E-state index in [0.717, 1.165) is 22.6 Å². The summed E-state index contributed by atoms with van der Waals surface area (Å²) in [7, 11) is 0. The number of nitrogens with zero attached hydrogens (tertiary/aromatic N) is 2. The van der Waals surface area contributed by atoms with Gasteiger partial charge in [0.1, 0.15) is 18.3 Å². The van der Waals surface area contributed by atoms with Gasteiger partial charge in [-0.3, -0.25) is 33.8 Å². The molecule has 49 heavy (non-hydrogen) atoms. The zero-order valence-electron chi connectivity index (χ0n) is 26.1. The Morgan fingerprint density at radius 2 is 0.837 bits per heavy atom. The molecule has 0 aromatic heterocycles. The number of carbonyl (C=O) groups is 6. The van der Waals surface area contributed by atoms with Gasteiger partial charge >= 0.3 is 148 Å².